The third kappa shape index (κ3) is 7.00. The molecule has 0 aliphatic carbocycles. The minimum atomic E-state index is -5.84. The van der Waals surface area contributed by atoms with E-state index in [-0.39, 0.29) is 5.82 Å². The summed E-state index contributed by atoms with van der Waals surface area (Å²) in [5.74, 6) is 0.0394. The van der Waals surface area contributed by atoms with Gasteiger partial charge in [0.25, 0.3) is 0 Å². The van der Waals surface area contributed by atoms with E-state index in [1.807, 2.05) is 0 Å². The quantitative estimate of drug-likeness (QED) is 0.488. The fourth-order valence-corrected chi connectivity index (χ4v) is 0.746. The molecular formula is C7H8F6N2O3S. The fourth-order valence-electron chi connectivity index (χ4n) is 0.746. The van der Waals surface area contributed by atoms with Crippen molar-refractivity contribution in [2.45, 2.75) is 18.1 Å². The number of nitrogens with zero attached hydrogens (tertiary/aromatic N) is 2. The van der Waals surface area contributed by atoms with E-state index < -0.39 is 28.2 Å². The van der Waals surface area contributed by atoms with Crippen LogP contribution in [0.15, 0.2) is 12.4 Å². The second-order valence-electron chi connectivity index (χ2n) is 3.17. The van der Waals surface area contributed by atoms with Gasteiger partial charge in [0.2, 0.25) is 0 Å². The predicted octanol–water partition coefficient (Wildman–Crippen LogP) is 1.92. The first-order chi connectivity index (χ1) is 8.24. The molecular weight excluding hydrogens is 306 g/mol. The third-order valence-corrected chi connectivity index (χ3v) is 2.16. The topological polar surface area (TPSA) is 72.2 Å². The predicted molar refractivity (Wildman–Crippen MR) is 50.6 cm³/mol. The van der Waals surface area contributed by atoms with Crippen LogP contribution in [0.2, 0.25) is 0 Å². The van der Waals surface area contributed by atoms with Gasteiger partial charge in [-0.15, -0.1) is 0 Å². The molecule has 112 valence electrons. The Labute approximate surface area is 103 Å². The molecule has 1 aromatic rings. The molecule has 1 N–H and O–H groups in total. The van der Waals surface area contributed by atoms with Crippen LogP contribution in [-0.2, 0) is 23.6 Å². The van der Waals surface area contributed by atoms with Gasteiger partial charge in [0.15, 0.2) is 0 Å². The Morgan fingerprint density at radius 1 is 1.26 bits per heavy atom. The van der Waals surface area contributed by atoms with Crippen molar-refractivity contribution in [3.63, 3.8) is 0 Å². The van der Waals surface area contributed by atoms with Gasteiger partial charge in [0.05, 0.1) is 0 Å². The number of imidazole rings is 1. The van der Waals surface area contributed by atoms with Crippen molar-refractivity contribution in [3.05, 3.63) is 18.2 Å². The molecule has 0 radical (unpaired) electrons. The number of aromatic nitrogens is 2. The van der Waals surface area contributed by atoms with E-state index in [0.29, 0.717) is 0 Å². The maximum atomic E-state index is 11.7. The first-order valence-electron chi connectivity index (χ1n) is 4.31. The summed E-state index contributed by atoms with van der Waals surface area (Å²) in [6.07, 6.45) is -2.29. The first kappa shape index (κ1) is 17.7. The highest BCUT2D eigenvalue weighted by molar-refractivity contribution is 7.86. The highest BCUT2D eigenvalue weighted by Gasteiger charge is 2.44. The van der Waals surface area contributed by atoms with E-state index in [4.69, 9.17) is 13.0 Å². The van der Waals surface area contributed by atoms with Crippen molar-refractivity contribution < 1.29 is 39.3 Å². The summed E-state index contributed by atoms with van der Waals surface area (Å²) in [6.45, 7) is 0. The minimum absolute atomic E-state index is 0.0394. The van der Waals surface area contributed by atoms with Crippen molar-refractivity contribution in [1.29, 1.82) is 0 Å². The Balaban J connectivity index is 0.000000362. The lowest BCUT2D eigenvalue weighted by atomic mass is 10.4. The molecule has 1 heterocycles. The number of rotatable bonds is 1. The highest BCUT2D eigenvalue weighted by atomic mass is 32.2. The Morgan fingerprint density at radius 2 is 1.68 bits per heavy atom. The van der Waals surface area contributed by atoms with Gasteiger partial charge in [-0.3, -0.25) is 4.55 Å². The van der Waals surface area contributed by atoms with Crippen molar-refractivity contribution in [2.75, 3.05) is 0 Å². The number of hydrogen-bond acceptors (Lipinski definition) is 3. The van der Waals surface area contributed by atoms with Crippen LogP contribution >= 0.6 is 0 Å². The minimum Gasteiger partial charge on any atom is -0.338 e. The Kier molecular flexibility index (Phi) is 5.38. The van der Waals surface area contributed by atoms with Gasteiger partial charge in [-0.05, 0) is 0 Å². The van der Waals surface area contributed by atoms with Crippen LogP contribution in [0.1, 0.15) is 5.82 Å². The standard InChI is InChI=1S/C6H7F3N2.CHF3O3S/c1-11-3-2-10-5(11)4-6(7,8)9;2-1(3,4)8(5,6)7/h2-3H,4H2,1H3;(H,5,6,7). The molecule has 0 unspecified atom stereocenters. The zero-order valence-electron chi connectivity index (χ0n) is 9.20. The van der Waals surface area contributed by atoms with Crippen LogP contribution in [0.25, 0.3) is 0 Å². The Morgan fingerprint density at radius 3 is 1.89 bits per heavy atom. The summed E-state index contributed by atoms with van der Waals surface area (Å²) in [7, 11) is -4.30. The lowest BCUT2D eigenvalue weighted by Crippen LogP contribution is -2.21. The van der Waals surface area contributed by atoms with E-state index in [1.54, 1.807) is 0 Å². The largest absolute Gasteiger partial charge is 0.522 e. The smallest absolute Gasteiger partial charge is 0.338 e. The molecule has 0 amide bonds. The van der Waals surface area contributed by atoms with Crippen molar-refractivity contribution in [1.82, 2.24) is 9.55 Å². The average Bonchev–Trinajstić information content (AvgIpc) is 2.46. The number of halogens is 6. The lowest BCUT2D eigenvalue weighted by Gasteiger charge is -2.04. The molecule has 1 aromatic heterocycles. The van der Waals surface area contributed by atoms with Gasteiger partial charge in [-0.1, -0.05) is 0 Å². The molecule has 0 bridgehead atoms. The summed E-state index contributed by atoms with van der Waals surface area (Å²) >= 11 is 0. The molecule has 0 atom stereocenters. The summed E-state index contributed by atoms with van der Waals surface area (Å²) in [5.41, 5.74) is -5.53. The van der Waals surface area contributed by atoms with E-state index >= 15 is 0 Å². The molecule has 0 aliphatic rings. The number of aryl methyl sites for hydroxylation is 1. The number of hydrogen-bond donors (Lipinski definition) is 1. The van der Waals surface area contributed by atoms with Crippen molar-refractivity contribution in [3.8, 4) is 0 Å². The van der Waals surface area contributed by atoms with Gasteiger partial charge in [-0.2, -0.15) is 34.8 Å². The molecule has 0 fully saturated rings. The monoisotopic (exact) mass is 314 g/mol. The lowest BCUT2D eigenvalue weighted by molar-refractivity contribution is -0.128. The Bertz CT molecular complexity index is 504. The van der Waals surface area contributed by atoms with Gasteiger partial charge in [0.1, 0.15) is 12.2 Å². The summed E-state index contributed by atoms with van der Waals surface area (Å²) < 4.78 is 94.1. The van der Waals surface area contributed by atoms with Crippen LogP contribution in [0, 0.1) is 0 Å². The van der Waals surface area contributed by atoms with Gasteiger partial charge in [-0.25, -0.2) is 4.98 Å². The molecule has 1 rings (SSSR count). The van der Waals surface area contributed by atoms with E-state index in [2.05, 4.69) is 4.98 Å². The van der Waals surface area contributed by atoms with Crippen LogP contribution in [-0.4, -0.2) is 34.2 Å². The highest BCUT2D eigenvalue weighted by Crippen LogP contribution is 2.20. The van der Waals surface area contributed by atoms with E-state index in [9.17, 15) is 26.3 Å². The summed E-state index contributed by atoms with van der Waals surface area (Å²) in [5, 5.41) is 0. The number of alkyl halides is 6. The van der Waals surface area contributed by atoms with Crippen LogP contribution in [0.4, 0.5) is 26.3 Å². The maximum Gasteiger partial charge on any atom is 0.522 e. The molecule has 0 aromatic carbocycles. The molecule has 0 spiro atoms. The summed E-state index contributed by atoms with van der Waals surface area (Å²) in [4.78, 5) is 3.54. The van der Waals surface area contributed by atoms with Gasteiger partial charge < -0.3 is 4.57 Å². The molecule has 0 saturated carbocycles. The van der Waals surface area contributed by atoms with Crippen LogP contribution in [0.5, 0.6) is 0 Å². The molecule has 19 heavy (non-hydrogen) atoms. The van der Waals surface area contributed by atoms with Crippen LogP contribution in [0.3, 0.4) is 0 Å². The summed E-state index contributed by atoms with van der Waals surface area (Å²) in [6, 6.07) is 0. The zero-order valence-corrected chi connectivity index (χ0v) is 10.0. The molecule has 5 nitrogen and oxygen atoms in total. The van der Waals surface area contributed by atoms with E-state index in [1.165, 1.54) is 24.0 Å². The normalized spacial score (nSPS) is 12.8. The second-order valence-corrected chi connectivity index (χ2v) is 4.58. The van der Waals surface area contributed by atoms with Crippen LogP contribution < -0.4 is 0 Å². The van der Waals surface area contributed by atoms with E-state index in [0.717, 1.165) is 0 Å². The zero-order chi connectivity index (χ0) is 15.5. The SMILES string of the molecule is Cn1ccnc1CC(F)(F)F.O=S(=O)(O)C(F)(F)F. The fraction of sp³-hybridized carbons (Fsp3) is 0.571. The van der Waals surface area contributed by atoms with Gasteiger partial charge in [0, 0.05) is 19.4 Å². The first-order valence-corrected chi connectivity index (χ1v) is 5.75. The third-order valence-electron chi connectivity index (χ3n) is 1.57. The molecule has 0 aliphatic heterocycles. The molecule has 12 heteroatoms. The van der Waals surface area contributed by atoms with Crippen molar-refractivity contribution in [2.24, 2.45) is 7.05 Å². The van der Waals surface area contributed by atoms with Crippen molar-refractivity contribution >= 4 is 10.1 Å². The van der Waals surface area contributed by atoms with Gasteiger partial charge >= 0.3 is 21.8 Å². The second kappa shape index (κ2) is 5.77. The molecule has 0 saturated heterocycles. The average molecular weight is 314 g/mol. The maximum absolute atomic E-state index is 11.7. The Hall–Kier alpha value is -1.30.